The van der Waals surface area contributed by atoms with Crippen LogP contribution in [0, 0.1) is 0 Å². The van der Waals surface area contributed by atoms with Crippen molar-refractivity contribution < 1.29 is 14.3 Å². The van der Waals surface area contributed by atoms with E-state index in [1.165, 1.54) is 0 Å². The molecule has 4 rings (SSSR count). The van der Waals surface area contributed by atoms with Crippen LogP contribution >= 0.6 is 0 Å². The lowest BCUT2D eigenvalue weighted by Crippen LogP contribution is -2.46. The highest BCUT2D eigenvalue weighted by Crippen LogP contribution is 2.42. The maximum absolute atomic E-state index is 12.1. The number of hydrogen-bond acceptors (Lipinski definition) is 6. The summed E-state index contributed by atoms with van der Waals surface area (Å²) in [5, 5.41) is 0. The minimum atomic E-state index is -0.121. The molecule has 0 radical (unpaired) electrons. The lowest BCUT2D eigenvalue weighted by atomic mass is 10.0. The molecular formula is C21H24N4O3. The maximum atomic E-state index is 12.1. The van der Waals surface area contributed by atoms with Gasteiger partial charge in [-0.25, -0.2) is 0 Å². The van der Waals surface area contributed by atoms with Crippen molar-refractivity contribution >= 4 is 23.2 Å². The highest BCUT2D eigenvalue weighted by atomic mass is 16.5. The highest BCUT2D eigenvalue weighted by molar-refractivity contribution is 6.13. The van der Waals surface area contributed by atoms with Gasteiger partial charge in [0.2, 0.25) is 5.96 Å². The summed E-state index contributed by atoms with van der Waals surface area (Å²) in [6.45, 7) is 1.56. The molecule has 0 atom stereocenters. The molecule has 0 fully saturated rings. The fourth-order valence-corrected chi connectivity index (χ4v) is 3.86. The average molecular weight is 380 g/mol. The molecule has 2 aliphatic rings. The number of nitrogens with zero attached hydrogens (tertiary/aromatic N) is 4. The monoisotopic (exact) mass is 380 g/mol. The predicted octanol–water partition coefficient (Wildman–Crippen LogP) is 2.49. The fourth-order valence-electron chi connectivity index (χ4n) is 3.86. The minimum absolute atomic E-state index is 0.121. The molecule has 0 saturated heterocycles. The van der Waals surface area contributed by atoms with Crippen molar-refractivity contribution in [1.82, 2.24) is 4.90 Å². The molecule has 146 valence electrons. The van der Waals surface area contributed by atoms with Crippen molar-refractivity contribution in [3.8, 4) is 11.5 Å². The highest BCUT2D eigenvalue weighted by Gasteiger charge is 2.36. The Hall–Kier alpha value is -3.22. The summed E-state index contributed by atoms with van der Waals surface area (Å²) in [7, 11) is 7.35. The van der Waals surface area contributed by atoms with Gasteiger partial charge in [0.15, 0.2) is 0 Å². The number of methoxy groups -OCH3 is 2. The van der Waals surface area contributed by atoms with Crippen molar-refractivity contribution in [1.29, 1.82) is 0 Å². The van der Waals surface area contributed by atoms with E-state index in [-0.39, 0.29) is 12.5 Å². The lowest BCUT2D eigenvalue weighted by molar-refractivity contribution is -0.115. The van der Waals surface area contributed by atoms with E-state index in [4.69, 9.17) is 9.47 Å². The van der Waals surface area contributed by atoms with Gasteiger partial charge in [-0.3, -0.25) is 4.79 Å². The first-order valence-corrected chi connectivity index (χ1v) is 9.16. The third-order valence-corrected chi connectivity index (χ3v) is 5.10. The lowest BCUT2D eigenvalue weighted by Gasteiger charge is -2.39. The number of hydrogen-bond donors (Lipinski definition) is 0. The molecular weight excluding hydrogens is 356 g/mol. The van der Waals surface area contributed by atoms with Crippen LogP contribution in [0.1, 0.15) is 11.1 Å². The van der Waals surface area contributed by atoms with Crippen molar-refractivity contribution in [2.24, 2.45) is 4.99 Å². The van der Waals surface area contributed by atoms with Crippen LogP contribution in [-0.4, -0.2) is 51.6 Å². The van der Waals surface area contributed by atoms with Crippen molar-refractivity contribution in [3.63, 3.8) is 0 Å². The van der Waals surface area contributed by atoms with Gasteiger partial charge in [-0.2, -0.15) is 4.99 Å². The van der Waals surface area contributed by atoms with Gasteiger partial charge in [-0.1, -0.05) is 12.1 Å². The number of ether oxygens (including phenoxy) is 2. The average Bonchev–Trinajstić information content (AvgIpc) is 3.09. The zero-order chi connectivity index (χ0) is 19.8. The molecule has 7 heteroatoms. The van der Waals surface area contributed by atoms with E-state index in [0.717, 1.165) is 34.0 Å². The van der Waals surface area contributed by atoms with E-state index in [1.54, 1.807) is 14.2 Å². The Bertz CT molecular complexity index is 937. The SMILES string of the molecule is COc1ccc(CN2Cc3c(ccc(OC)c3N(C)C)N3CC(=O)N=C23)cc1. The van der Waals surface area contributed by atoms with E-state index in [0.29, 0.717) is 19.0 Å². The maximum Gasteiger partial charge on any atom is 0.268 e. The van der Waals surface area contributed by atoms with Crippen LogP contribution in [0.5, 0.6) is 11.5 Å². The summed E-state index contributed by atoms with van der Waals surface area (Å²) in [6.07, 6.45) is 0. The van der Waals surface area contributed by atoms with E-state index in [9.17, 15) is 4.79 Å². The molecule has 2 aliphatic heterocycles. The van der Waals surface area contributed by atoms with Crippen molar-refractivity contribution in [2.45, 2.75) is 13.1 Å². The molecule has 7 nitrogen and oxygen atoms in total. The first-order chi connectivity index (χ1) is 13.5. The van der Waals surface area contributed by atoms with Gasteiger partial charge in [0.25, 0.3) is 5.91 Å². The topological polar surface area (TPSA) is 57.6 Å². The normalized spacial score (nSPS) is 15.1. The van der Waals surface area contributed by atoms with Crippen molar-refractivity contribution in [2.75, 3.05) is 44.7 Å². The van der Waals surface area contributed by atoms with Gasteiger partial charge in [-0.05, 0) is 29.8 Å². The summed E-state index contributed by atoms with van der Waals surface area (Å²) in [6, 6.07) is 11.9. The molecule has 0 N–H and O–H groups in total. The minimum Gasteiger partial charge on any atom is -0.497 e. The van der Waals surface area contributed by atoms with Crippen LogP contribution in [-0.2, 0) is 17.9 Å². The smallest absolute Gasteiger partial charge is 0.268 e. The second-order valence-corrected chi connectivity index (χ2v) is 7.10. The summed E-state index contributed by atoms with van der Waals surface area (Å²) in [4.78, 5) is 22.6. The van der Waals surface area contributed by atoms with Gasteiger partial charge < -0.3 is 24.2 Å². The van der Waals surface area contributed by atoms with E-state index < -0.39 is 0 Å². The van der Waals surface area contributed by atoms with Crippen molar-refractivity contribution in [3.05, 3.63) is 47.5 Å². The van der Waals surface area contributed by atoms with Crippen LogP contribution in [0.4, 0.5) is 11.4 Å². The number of guanidine groups is 1. The summed E-state index contributed by atoms with van der Waals surface area (Å²) in [5.74, 6) is 2.23. The molecule has 0 spiro atoms. The molecule has 0 bridgehead atoms. The Balaban J connectivity index is 1.75. The number of benzene rings is 2. The Morgan fingerprint density at radius 2 is 1.79 bits per heavy atom. The molecule has 28 heavy (non-hydrogen) atoms. The predicted molar refractivity (Wildman–Crippen MR) is 109 cm³/mol. The first-order valence-electron chi connectivity index (χ1n) is 9.16. The number of anilines is 2. The third-order valence-electron chi connectivity index (χ3n) is 5.10. The summed E-state index contributed by atoms with van der Waals surface area (Å²) in [5.41, 5.74) is 4.30. The van der Waals surface area contributed by atoms with E-state index in [2.05, 4.69) is 14.8 Å². The summed E-state index contributed by atoms with van der Waals surface area (Å²) >= 11 is 0. The van der Waals surface area contributed by atoms with Gasteiger partial charge in [-0.15, -0.1) is 0 Å². The zero-order valence-electron chi connectivity index (χ0n) is 16.6. The molecule has 2 aromatic carbocycles. The van der Waals surface area contributed by atoms with Crippen LogP contribution in [0.25, 0.3) is 0 Å². The number of carbonyl (C=O) groups excluding carboxylic acids is 1. The Labute approximate surface area is 164 Å². The number of amides is 1. The molecule has 1 amide bonds. The van der Waals surface area contributed by atoms with Gasteiger partial charge in [0, 0.05) is 26.2 Å². The van der Waals surface area contributed by atoms with E-state index >= 15 is 0 Å². The largest absolute Gasteiger partial charge is 0.497 e. The van der Waals surface area contributed by atoms with Crippen LogP contribution < -0.4 is 19.3 Å². The number of aliphatic imine (C=N–C) groups is 1. The Morgan fingerprint density at radius 1 is 1.04 bits per heavy atom. The van der Waals surface area contributed by atoms with Gasteiger partial charge in [0.1, 0.15) is 18.0 Å². The third kappa shape index (κ3) is 3.02. The first kappa shape index (κ1) is 18.2. The number of fused-ring (bicyclic) bond motifs is 3. The standard InChI is InChI=1S/C21H24N4O3/c1-23(2)20-16-12-24(11-14-5-7-15(27-3)8-6-14)21-22-19(26)13-25(21)17(16)9-10-18(20)28-4/h5-10H,11-13H2,1-4H3. The Morgan fingerprint density at radius 3 is 2.43 bits per heavy atom. The fraction of sp³-hybridized carbons (Fsp3) is 0.333. The van der Waals surface area contributed by atoms with Gasteiger partial charge in [0.05, 0.1) is 32.1 Å². The molecule has 0 aliphatic carbocycles. The quantitative estimate of drug-likeness (QED) is 0.794. The zero-order valence-corrected chi connectivity index (χ0v) is 16.6. The van der Waals surface area contributed by atoms with Gasteiger partial charge >= 0.3 is 0 Å². The number of carbonyl (C=O) groups is 1. The van der Waals surface area contributed by atoms with Crippen LogP contribution in [0.2, 0.25) is 0 Å². The second kappa shape index (κ2) is 7.07. The van der Waals surface area contributed by atoms with E-state index in [1.807, 2.05) is 55.4 Å². The molecule has 0 unspecified atom stereocenters. The summed E-state index contributed by atoms with van der Waals surface area (Å²) < 4.78 is 10.8. The van der Waals surface area contributed by atoms with Crippen LogP contribution in [0.3, 0.4) is 0 Å². The molecule has 0 aromatic heterocycles. The van der Waals surface area contributed by atoms with Crippen LogP contribution in [0.15, 0.2) is 41.4 Å². The molecule has 2 aromatic rings. The number of rotatable bonds is 5. The Kier molecular flexibility index (Phi) is 4.58. The molecule has 0 saturated carbocycles. The second-order valence-electron chi connectivity index (χ2n) is 7.10. The molecule has 2 heterocycles.